The third kappa shape index (κ3) is 6.23. The summed E-state index contributed by atoms with van der Waals surface area (Å²) in [6.07, 6.45) is 4.84. The molecule has 12 heteroatoms. The van der Waals surface area contributed by atoms with E-state index >= 15 is 0 Å². The maximum Gasteiger partial charge on any atom is 0.274 e. The van der Waals surface area contributed by atoms with Gasteiger partial charge in [-0.3, -0.25) is 14.6 Å². The number of nitrogens with zero attached hydrogens (tertiary/aromatic N) is 3. The first-order chi connectivity index (χ1) is 20.6. The fraction of sp³-hybridized carbons (Fsp3) is 0.387. The van der Waals surface area contributed by atoms with Crippen LogP contribution in [0.1, 0.15) is 18.5 Å². The summed E-state index contributed by atoms with van der Waals surface area (Å²) in [7, 11) is -2.00. The molecule has 0 unspecified atom stereocenters. The Bertz CT molecular complexity index is 1820. The largest absolute Gasteiger partial charge is 0.454 e. The predicted octanol–water partition coefficient (Wildman–Crippen LogP) is 4.30. The van der Waals surface area contributed by atoms with Gasteiger partial charge >= 0.3 is 0 Å². The van der Waals surface area contributed by atoms with E-state index in [-0.39, 0.29) is 22.0 Å². The van der Waals surface area contributed by atoms with E-state index in [4.69, 9.17) is 9.47 Å². The Balaban J connectivity index is 1.35. The summed E-state index contributed by atoms with van der Waals surface area (Å²) in [6, 6.07) is 9.71. The van der Waals surface area contributed by atoms with Gasteiger partial charge in [0.05, 0.1) is 4.90 Å². The summed E-state index contributed by atoms with van der Waals surface area (Å²) in [4.78, 5) is 21.4. The van der Waals surface area contributed by atoms with E-state index in [1.54, 1.807) is 13.2 Å². The standard InChI is InChI=1S/C31H34F2N4O5S/c1-35-19-26(24-17-23(43(2,39)40)4-6-28(24)42-29-5-3-20(32)15-27(29)33)25-16-21(34-30(25)31(35)38)18-36-9-11-37(12-10-36)22-7-13-41-14-8-22/h3-6,15-17,19,22,34H,7-14,18H2,1-2H3. The number of halogens is 2. The van der Waals surface area contributed by atoms with E-state index < -0.39 is 21.5 Å². The molecular formula is C31H34F2N4O5S. The highest BCUT2D eigenvalue weighted by Gasteiger charge is 2.26. The summed E-state index contributed by atoms with van der Waals surface area (Å²) in [6.45, 7) is 5.98. The molecule has 0 saturated carbocycles. The van der Waals surface area contributed by atoms with Crippen molar-refractivity contribution in [2.45, 2.75) is 30.3 Å². The molecule has 2 fully saturated rings. The number of hydrogen-bond acceptors (Lipinski definition) is 7. The van der Waals surface area contributed by atoms with Gasteiger partial charge in [0.15, 0.2) is 21.4 Å². The topological polar surface area (TPSA) is 96.9 Å². The van der Waals surface area contributed by atoms with E-state index in [9.17, 15) is 22.0 Å². The maximum absolute atomic E-state index is 14.5. The number of nitrogens with one attached hydrogen (secondary N) is 1. The number of benzene rings is 2. The molecule has 43 heavy (non-hydrogen) atoms. The molecule has 0 bridgehead atoms. The maximum atomic E-state index is 14.5. The minimum atomic E-state index is -3.61. The van der Waals surface area contributed by atoms with Crippen LogP contribution in [0.25, 0.3) is 22.0 Å². The van der Waals surface area contributed by atoms with Crippen LogP contribution in [0.2, 0.25) is 0 Å². The first-order valence-corrected chi connectivity index (χ1v) is 16.2. The molecule has 2 aromatic carbocycles. The molecule has 0 atom stereocenters. The molecule has 228 valence electrons. The zero-order valence-corrected chi connectivity index (χ0v) is 24.9. The van der Waals surface area contributed by atoms with Gasteiger partial charge in [0.2, 0.25) is 0 Å². The normalized spacial score (nSPS) is 17.5. The van der Waals surface area contributed by atoms with Crippen LogP contribution in [0.4, 0.5) is 8.78 Å². The van der Waals surface area contributed by atoms with Gasteiger partial charge in [0.25, 0.3) is 5.56 Å². The lowest BCUT2D eigenvalue weighted by molar-refractivity contribution is 0.0125. The quantitative estimate of drug-likeness (QED) is 0.333. The van der Waals surface area contributed by atoms with Crippen molar-refractivity contribution in [2.75, 3.05) is 45.6 Å². The second-order valence-electron chi connectivity index (χ2n) is 11.3. The molecule has 2 aliphatic rings. The van der Waals surface area contributed by atoms with Crippen molar-refractivity contribution in [1.82, 2.24) is 19.4 Å². The number of piperazine rings is 1. The zero-order valence-electron chi connectivity index (χ0n) is 24.1. The summed E-state index contributed by atoms with van der Waals surface area (Å²) in [5, 5.41) is 0.592. The van der Waals surface area contributed by atoms with Crippen LogP contribution in [-0.2, 0) is 28.2 Å². The average Bonchev–Trinajstić information content (AvgIpc) is 3.41. The van der Waals surface area contributed by atoms with Crippen LogP contribution in [0.3, 0.4) is 0 Å². The van der Waals surface area contributed by atoms with Gasteiger partial charge in [-0.25, -0.2) is 17.2 Å². The molecule has 2 saturated heterocycles. The fourth-order valence-electron chi connectivity index (χ4n) is 5.98. The molecule has 6 rings (SSSR count). The van der Waals surface area contributed by atoms with Crippen molar-refractivity contribution < 1.29 is 26.7 Å². The third-order valence-corrected chi connectivity index (χ3v) is 9.42. The fourth-order valence-corrected chi connectivity index (χ4v) is 6.63. The summed E-state index contributed by atoms with van der Waals surface area (Å²) in [5.41, 5.74) is 1.88. The average molecular weight is 613 g/mol. The van der Waals surface area contributed by atoms with Gasteiger partial charge in [-0.2, -0.15) is 0 Å². The third-order valence-electron chi connectivity index (χ3n) is 8.31. The molecule has 0 spiro atoms. The minimum absolute atomic E-state index is 0.0367. The van der Waals surface area contributed by atoms with E-state index in [1.165, 1.54) is 28.8 Å². The molecule has 0 radical (unpaired) electrons. The van der Waals surface area contributed by atoms with Gasteiger partial charge in [0.1, 0.15) is 17.1 Å². The molecule has 1 N–H and O–H groups in total. The van der Waals surface area contributed by atoms with Crippen LogP contribution >= 0.6 is 0 Å². The zero-order chi connectivity index (χ0) is 30.3. The molecule has 0 aliphatic carbocycles. The number of fused-ring (bicyclic) bond motifs is 1. The summed E-state index contributed by atoms with van der Waals surface area (Å²) < 4.78 is 65.9. The first kappa shape index (κ1) is 29.5. The summed E-state index contributed by atoms with van der Waals surface area (Å²) >= 11 is 0. The van der Waals surface area contributed by atoms with Gasteiger partial charge < -0.3 is 19.0 Å². The lowest BCUT2D eigenvalue weighted by Crippen LogP contribution is -2.51. The highest BCUT2D eigenvalue weighted by molar-refractivity contribution is 7.90. The Labute approximate surface area is 248 Å². The van der Waals surface area contributed by atoms with Crippen molar-refractivity contribution in [3.8, 4) is 22.6 Å². The molecule has 2 aliphatic heterocycles. The lowest BCUT2D eigenvalue weighted by Gasteiger charge is -2.40. The van der Waals surface area contributed by atoms with E-state index in [0.29, 0.717) is 40.7 Å². The number of H-pyrrole nitrogens is 1. The number of aryl methyl sites for hydroxylation is 1. The van der Waals surface area contributed by atoms with Crippen LogP contribution in [0.5, 0.6) is 11.5 Å². The molecule has 4 heterocycles. The second-order valence-corrected chi connectivity index (χ2v) is 13.3. The Morgan fingerprint density at radius 3 is 2.40 bits per heavy atom. The van der Waals surface area contributed by atoms with Crippen molar-refractivity contribution in [2.24, 2.45) is 7.05 Å². The van der Waals surface area contributed by atoms with Gasteiger partial charge in [0, 0.05) is 99.8 Å². The van der Waals surface area contributed by atoms with Crippen LogP contribution in [0.15, 0.2) is 58.4 Å². The molecule has 4 aromatic rings. The van der Waals surface area contributed by atoms with Crippen molar-refractivity contribution in [1.29, 1.82) is 0 Å². The Hall–Kier alpha value is -3.58. The van der Waals surface area contributed by atoms with E-state index in [2.05, 4.69) is 14.8 Å². The highest BCUT2D eigenvalue weighted by atomic mass is 32.2. The van der Waals surface area contributed by atoms with Crippen molar-refractivity contribution >= 4 is 20.7 Å². The number of rotatable bonds is 7. The molecule has 0 amide bonds. The van der Waals surface area contributed by atoms with Crippen molar-refractivity contribution in [3.63, 3.8) is 0 Å². The lowest BCUT2D eigenvalue weighted by atomic mass is 10.0. The summed E-state index contributed by atoms with van der Waals surface area (Å²) in [5.74, 6) is -1.71. The molecule has 2 aromatic heterocycles. The van der Waals surface area contributed by atoms with Gasteiger partial charge in [-0.05, 0) is 49.2 Å². The Kier molecular flexibility index (Phi) is 8.12. The number of pyridine rings is 1. The number of sulfone groups is 1. The number of ether oxygens (including phenoxy) is 2. The minimum Gasteiger partial charge on any atom is -0.454 e. The smallest absolute Gasteiger partial charge is 0.274 e. The first-order valence-electron chi connectivity index (χ1n) is 14.3. The number of hydrogen-bond donors (Lipinski definition) is 1. The van der Waals surface area contributed by atoms with Crippen LogP contribution < -0.4 is 10.3 Å². The molecule has 9 nitrogen and oxygen atoms in total. The van der Waals surface area contributed by atoms with Crippen molar-refractivity contribution in [3.05, 3.63) is 76.3 Å². The van der Waals surface area contributed by atoms with E-state index in [0.717, 1.165) is 70.3 Å². The van der Waals surface area contributed by atoms with E-state index in [1.807, 2.05) is 6.07 Å². The Morgan fingerprint density at radius 1 is 0.977 bits per heavy atom. The van der Waals surface area contributed by atoms with Crippen LogP contribution in [0, 0.1) is 11.6 Å². The second kappa shape index (κ2) is 11.8. The van der Waals surface area contributed by atoms with Gasteiger partial charge in [-0.1, -0.05) is 0 Å². The number of aromatic amines is 1. The van der Waals surface area contributed by atoms with Crippen LogP contribution in [-0.4, -0.2) is 79.5 Å². The SMILES string of the molecule is Cn1cc(-c2cc(S(C)(=O)=O)ccc2Oc2ccc(F)cc2F)c2cc(CN3CCN(C4CCOCC4)CC3)[nH]c2c1=O. The Morgan fingerprint density at radius 2 is 1.70 bits per heavy atom. The highest BCUT2D eigenvalue weighted by Crippen LogP contribution is 2.39. The monoisotopic (exact) mass is 612 g/mol. The number of aromatic nitrogens is 2. The molecular weight excluding hydrogens is 578 g/mol. The predicted molar refractivity (Wildman–Crippen MR) is 159 cm³/mol. The van der Waals surface area contributed by atoms with Gasteiger partial charge in [-0.15, -0.1) is 0 Å².